The lowest BCUT2D eigenvalue weighted by atomic mass is 10.1. The van der Waals surface area contributed by atoms with Crippen molar-refractivity contribution in [3.8, 4) is 0 Å². The van der Waals surface area contributed by atoms with Gasteiger partial charge in [-0.25, -0.2) is 18.0 Å². The number of carboxylic acid groups (broad SMARTS) is 1. The average Bonchev–Trinajstić information content (AvgIpc) is 2.24. The zero-order valence-corrected chi connectivity index (χ0v) is 8.63. The van der Waals surface area contributed by atoms with Gasteiger partial charge >= 0.3 is 5.97 Å². The summed E-state index contributed by atoms with van der Waals surface area (Å²) in [6.07, 6.45) is 0.655. The predicted molar refractivity (Wildman–Crippen MR) is 52.6 cm³/mol. The normalized spacial score (nSPS) is 11.4. The zero-order valence-electron chi connectivity index (χ0n) is 8.63. The van der Waals surface area contributed by atoms with Crippen molar-refractivity contribution in [2.24, 2.45) is 0 Å². The molecule has 0 aliphatic rings. The number of hydrogen-bond acceptors (Lipinski definition) is 2. The first-order chi connectivity index (χ1) is 7.84. The average molecular weight is 244 g/mol. The van der Waals surface area contributed by atoms with Crippen LogP contribution in [-0.2, 0) is 9.59 Å². The number of ketones is 1. The predicted octanol–water partition coefficient (Wildman–Crippen LogP) is 2.16. The van der Waals surface area contributed by atoms with Gasteiger partial charge < -0.3 is 5.11 Å². The lowest BCUT2D eigenvalue weighted by molar-refractivity contribution is -0.134. The molecule has 90 valence electrons. The van der Waals surface area contributed by atoms with E-state index in [1.807, 2.05) is 0 Å². The van der Waals surface area contributed by atoms with Crippen LogP contribution in [0.25, 0.3) is 6.08 Å². The fourth-order valence-corrected chi connectivity index (χ4v) is 1.12. The van der Waals surface area contributed by atoms with Gasteiger partial charge in [-0.15, -0.1) is 0 Å². The smallest absolute Gasteiger partial charge is 0.339 e. The molecule has 0 unspecified atom stereocenters. The van der Waals surface area contributed by atoms with Crippen LogP contribution in [0.2, 0.25) is 0 Å². The third-order valence-corrected chi connectivity index (χ3v) is 1.97. The van der Waals surface area contributed by atoms with E-state index in [1.54, 1.807) is 0 Å². The van der Waals surface area contributed by atoms with Crippen molar-refractivity contribution in [3.05, 3.63) is 40.7 Å². The monoisotopic (exact) mass is 244 g/mol. The number of halogens is 3. The van der Waals surface area contributed by atoms with Crippen LogP contribution < -0.4 is 0 Å². The van der Waals surface area contributed by atoms with Crippen LogP contribution in [0.15, 0.2) is 17.7 Å². The highest BCUT2D eigenvalue weighted by molar-refractivity contribution is 6.19. The highest BCUT2D eigenvalue weighted by atomic mass is 19.2. The number of aliphatic carboxylic acids is 1. The maximum atomic E-state index is 13.2. The molecular weight excluding hydrogens is 237 g/mol. The van der Waals surface area contributed by atoms with Gasteiger partial charge in [0.1, 0.15) is 5.57 Å². The molecule has 0 amide bonds. The molecular formula is C11H7F3O3. The third kappa shape index (κ3) is 2.72. The zero-order chi connectivity index (χ0) is 13.2. The van der Waals surface area contributed by atoms with Gasteiger partial charge in [0.2, 0.25) is 0 Å². The van der Waals surface area contributed by atoms with Crippen LogP contribution in [0.5, 0.6) is 0 Å². The van der Waals surface area contributed by atoms with Crippen LogP contribution in [0.1, 0.15) is 12.5 Å². The molecule has 0 spiro atoms. The van der Waals surface area contributed by atoms with Gasteiger partial charge in [0.25, 0.3) is 0 Å². The fourth-order valence-electron chi connectivity index (χ4n) is 1.12. The van der Waals surface area contributed by atoms with E-state index in [1.165, 1.54) is 0 Å². The summed E-state index contributed by atoms with van der Waals surface area (Å²) in [7, 11) is 0. The number of carbonyl (C=O) groups is 2. The molecule has 1 rings (SSSR count). The van der Waals surface area contributed by atoms with E-state index in [-0.39, 0.29) is 0 Å². The van der Waals surface area contributed by atoms with Crippen molar-refractivity contribution < 1.29 is 27.9 Å². The molecule has 0 aromatic heterocycles. The maximum Gasteiger partial charge on any atom is 0.339 e. The molecule has 0 aliphatic heterocycles. The summed E-state index contributed by atoms with van der Waals surface area (Å²) < 4.78 is 38.6. The van der Waals surface area contributed by atoms with Crippen LogP contribution in [0.4, 0.5) is 13.2 Å². The summed E-state index contributed by atoms with van der Waals surface area (Å²) >= 11 is 0. The summed E-state index contributed by atoms with van der Waals surface area (Å²) in [6.45, 7) is 0.970. The van der Waals surface area contributed by atoms with Crippen molar-refractivity contribution in [2.75, 3.05) is 0 Å². The van der Waals surface area contributed by atoms with Crippen molar-refractivity contribution in [1.82, 2.24) is 0 Å². The molecule has 6 heteroatoms. The highest BCUT2D eigenvalue weighted by Crippen LogP contribution is 2.18. The first kappa shape index (κ1) is 13.0. The lowest BCUT2D eigenvalue weighted by Gasteiger charge is -2.01. The van der Waals surface area contributed by atoms with E-state index in [9.17, 15) is 22.8 Å². The van der Waals surface area contributed by atoms with E-state index in [0.717, 1.165) is 13.0 Å². The Hall–Kier alpha value is -2.11. The first-order valence-electron chi connectivity index (χ1n) is 4.44. The Labute approximate surface area is 94.2 Å². The number of rotatable bonds is 3. The van der Waals surface area contributed by atoms with Crippen molar-refractivity contribution in [3.63, 3.8) is 0 Å². The van der Waals surface area contributed by atoms with Crippen molar-refractivity contribution in [2.45, 2.75) is 6.92 Å². The van der Waals surface area contributed by atoms with Gasteiger partial charge in [-0.3, -0.25) is 4.79 Å². The van der Waals surface area contributed by atoms with E-state index >= 15 is 0 Å². The second kappa shape index (κ2) is 4.82. The molecule has 0 saturated heterocycles. The van der Waals surface area contributed by atoms with Crippen molar-refractivity contribution in [1.29, 1.82) is 0 Å². The molecule has 1 N–H and O–H groups in total. The number of Topliss-reactive ketones (excluding diaryl/α,β-unsaturated/α-hetero) is 1. The molecule has 1 aromatic carbocycles. The SMILES string of the molecule is CC(=O)/C(=C/c1ccc(F)c(F)c1F)C(=O)O. The van der Waals surface area contributed by atoms with Gasteiger partial charge in [0.05, 0.1) is 0 Å². The molecule has 0 atom stereocenters. The molecule has 3 nitrogen and oxygen atoms in total. The summed E-state index contributed by atoms with van der Waals surface area (Å²) in [4.78, 5) is 21.5. The Morgan fingerprint density at radius 3 is 2.24 bits per heavy atom. The van der Waals surface area contributed by atoms with Crippen LogP contribution in [0, 0.1) is 17.5 Å². The second-order valence-corrected chi connectivity index (χ2v) is 3.18. The van der Waals surface area contributed by atoms with E-state index in [0.29, 0.717) is 12.1 Å². The molecule has 0 aliphatic carbocycles. The summed E-state index contributed by atoms with van der Waals surface area (Å²) in [5.74, 6) is -7.03. The summed E-state index contributed by atoms with van der Waals surface area (Å²) in [5, 5.41) is 8.64. The highest BCUT2D eigenvalue weighted by Gasteiger charge is 2.17. The Morgan fingerprint density at radius 2 is 1.76 bits per heavy atom. The summed E-state index contributed by atoms with van der Waals surface area (Å²) in [5.41, 5.74) is -1.22. The molecule has 0 radical (unpaired) electrons. The molecule has 0 bridgehead atoms. The Morgan fingerprint density at radius 1 is 1.18 bits per heavy atom. The van der Waals surface area contributed by atoms with Crippen molar-refractivity contribution >= 4 is 17.8 Å². The number of carboxylic acids is 1. The quantitative estimate of drug-likeness (QED) is 0.383. The van der Waals surface area contributed by atoms with Crippen LogP contribution >= 0.6 is 0 Å². The Kier molecular flexibility index (Phi) is 3.67. The third-order valence-electron chi connectivity index (χ3n) is 1.97. The number of hydrogen-bond donors (Lipinski definition) is 1. The first-order valence-corrected chi connectivity index (χ1v) is 4.44. The largest absolute Gasteiger partial charge is 0.478 e. The van der Waals surface area contributed by atoms with E-state index in [4.69, 9.17) is 5.11 Å². The standard InChI is InChI=1S/C11H7F3O3/c1-5(15)7(11(16)17)4-6-2-3-8(12)10(14)9(6)13/h2-4H,1H3,(H,16,17)/b7-4-. The van der Waals surface area contributed by atoms with Gasteiger partial charge in [-0.2, -0.15) is 0 Å². The number of carbonyl (C=O) groups excluding carboxylic acids is 1. The van der Waals surface area contributed by atoms with Gasteiger partial charge in [0.15, 0.2) is 23.2 Å². The molecule has 0 fully saturated rings. The molecule has 1 aromatic rings. The minimum absolute atomic E-state index is 0.503. The number of benzene rings is 1. The van der Waals surface area contributed by atoms with Crippen LogP contribution in [-0.4, -0.2) is 16.9 Å². The Bertz CT molecular complexity index is 505. The molecule has 17 heavy (non-hydrogen) atoms. The second-order valence-electron chi connectivity index (χ2n) is 3.18. The van der Waals surface area contributed by atoms with Gasteiger partial charge in [-0.1, -0.05) is 0 Å². The topological polar surface area (TPSA) is 54.4 Å². The van der Waals surface area contributed by atoms with E-state index in [2.05, 4.69) is 0 Å². The fraction of sp³-hybridized carbons (Fsp3) is 0.0909. The van der Waals surface area contributed by atoms with Crippen LogP contribution in [0.3, 0.4) is 0 Å². The lowest BCUT2D eigenvalue weighted by Crippen LogP contribution is -2.09. The minimum atomic E-state index is -1.72. The van der Waals surface area contributed by atoms with E-state index < -0.39 is 40.3 Å². The molecule has 0 saturated carbocycles. The molecule has 0 heterocycles. The van der Waals surface area contributed by atoms with Gasteiger partial charge in [-0.05, 0) is 25.1 Å². The van der Waals surface area contributed by atoms with Gasteiger partial charge in [0, 0.05) is 5.56 Å². The Balaban J connectivity index is 3.35. The summed E-state index contributed by atoms with van der Waals surface area (Å²) in [6, 6.07) is 1.49. The maximum absolute atomic E-state index is 13.2. The minimum Gasteiger partial charge on any atom is -0.478 e.